The molecule has 0 saturated heterocycles. The van der Waals surface area contributed by atoms with E-state index in [0.717, 1.165) is 33.0 Å². The van der Waals surface area contributed by atoms with Crippen LogP contribution in [0, 0.1) is 0 Å². The number of nitrogens with one attached hydrogen (secondary N) is 1. The fourth-order valence-electron chi connectivity index (χ4n) is 2.42. The average Bonchev–Trinajstić information content (AvgIpc) is 3.24. The molecule has 1 aliphatic carbocycles. The van der Waals surface area contributed by atoms with Gasteiger partial charge in [0.1, 0.15) is 5.82 Å². The quantitative estimate of drug-likeness (QED) is 0.919. The zero-order valence-electron chi connectivity index (χ0n) is 11.5. The third-order valence-corrected chi connectivity index (χ3v) is 4.49. The van der Waals surface area contributed by atoms with Crippen LogP contribution in [0.1, 0.15) is 24.5 Å². The molecule has 1 N–H and O–H groups in total. The molecule has 108 valence electrons. The molecule has 6 heteroatoms. The van der Waals surface area contributed by atoms with Crippen molar-refractivity contribution in [2.75, 3.05) is 19.2 Å². The van der Waals surface area contributed by atoms with E-state index in [1.165, 1.54) is 12.8 Å². The minimum atomic E-state index is 0.273. The number of ether oxygens (including phenoxy) is 2. The summed E-state index contributed by atoms with van der Waals surface area (Å²) in [4.78, 5) is 9.34. The van der Waals surface area contributed by atoms with Gasteiger partial charge in [0.15, 0.2) is 17.3 Å². The second-order valence-corrected chi connectivity index (χ2v) is 5.98. The third kappa shape index (κ3) is 2.23. The standard InChI is InChI=1S/C15H14BrN3O2/c1-17-15-12(16)13(8-2-3-8)18-14(19-15)9-4-5-10-11(6-9)21-7-20-10/h4-6,8H,2-3,7H2,1H3,(H,17,18,19). The van der Waals surface area contributed by atoms with Crippen LogP contribution in [0.15, 0.2) is 22.7 Å². The van der Waals surface area contributed by atoms with Crippen molar-refractivity contribution in [2.24, 2.45) is 0 Å². The molecule has 21 heavy (non-hydrogen) atoms. The summed E-state index contributed by atoms with van der Waals surface area (Å²) in [6, 6.07) is 5.80. The minimum absolute atomic E-state index is 0.273. The van der Waals surface area contributed by atoms with Gasteiger partial charge in [0.25, 0.3) is 0 Å². The molecule has 0 bridgehead atoms. The van der Waals surface area contributed by atoms with Crippen LogP contribution < -0.4 is 14.8 Å². The van der Waals surface area contributed by atoms with Gasteiger partial charge in [0, 0.05) is 18.5 Å². The van der Waals surface area contributed by atoms with E-state index in [-0.39, 0.29) is 6.79 Å². The molecule has 0 atom stereocenters. The predicted octanol–water partition coefficient (Wildman–Crippen LogP) is 3.55. The Hall–Kier alpha value is -1.82. The third-order valence-electron chi connectivity index (χ3n) is 3.71. The largest absolute Gasteiger partial charge is 0.454 e. The van der Waals surface area contributed by atoms with Crippen molar-refractivity contribution in [3.63, 3.8) is 0 Å². The first-order chi connectivity index (χ1) is 10.3. The lowest BCUT2D eigenvalue weighted by Gasteiger charge is -2.11. The zero-order valence-corrected chi connectivity index (χ0v) is 13.1. The Labute approximate surface area is 130 Å². The first kappa shape index (κ1) is 12.9. The summed E-state index contributed by atoms with van der Waals surface area (Å²) in [6.45, 7) is 0.273. The monoisotopic (exact) mass is 347 g/mol. The molecule has 1 saturated carbocycles. The Kier molecular flexibility index (Phi) is 2.99. The second-order valence-electron chi connectivity index (χ2n) is 5.19. The lowest BCUT2D eigenvalue weighted by Crippen LogP contribution is -2.02. The highest BCUT2D eigenvalue weighted by Gasteiger charge is 2.29. The van der Waals surface area contributed by atoms with E-state index in [0.29, 0.717) is 11.7 Å². The van der Waals surface area contributed by atoms with E-state index in [1.54, 1.807) is 0 Å². The minimum Gasteiger partial charge on any atom is -0.454 e. The Morgan fingerprint density at radius 3 is 2.76 bits per heavy atom. The number of rotatable bonds is 3. The van der Waals surface area contributed by atoms with Crippen LogP contribution in [-0.4, -0.2) is 23.8 Å². The Balaban J connectivity index is 1.82. The maximum absolute atomic E-state index is 5.43. The SMILES string of the molecule is CNc1nc(-c2ccc3c(c2)OCO3)nc(C2CC2)c1Br. The van der Waals surface area contributed by atoms with Gasteiger partial charge in [-0.25, -0.2) is 9.97 Å². The van der Waals surface area contributed by atoms with E-state index in [1.807, 2.05) is 25.2 Å². The number of nitrogens with zero attached hydrogens (tertiary/aromatic N) is 2. The maximum atomic E-state index is 5.43. The average molecular weight is 348 g/mol. The molecular weight excluding hydrogens is 334 g/mol. The molecule has 2 heterocycles. The second kappa shape index (κ2) is 4.87. The van der Waals surface area contributed by atoms with Crippen molar-refractivity contribution < 1.29 is 9.47 Å². The first-order valence-corrected chi connectivity index (χ1v) is 7.71. The van der Waals surface area contributed by atoms with Crippen LogP contribution in [-0.2, 0) is 0 Å². The van der Waals surface area contributed by atoms with E-state index >= 15 is 0 Å². The maximum Gasteiger partial charge on any atom is 0.231 e. The van der Waals surface area contributed by atoms with Gasteiger partial charge < -0.3 is 14.8 Å². The topological polar surface area (TPSA) is 56.3 Å². The summed E-state index contributed by atoms with van der Waals surface area (Å²) in [7, 11) is 1.87. The summed E-state index contributed by atoms with van der Waals surface area (Å²) in [6.07, 6.45) is 2.39. The molecule has 2 aliphatic rings. The highest BCUT2D eigenvalue weighted by molar-refractivity contribution is 9.10. The van der Waals surface area contributed by atoms with E-state index in [4.69, 9.17) is 14.5 Å². The van der Waals surface area contributed by atoms with Gasteiger partial charge in [-0.2, -0.15) is 0 Å². The van der Waals surface area contributed by atoms with Crippen molar-refractivity contribution in [1.29, 1.82) is 0 Å². The molecule has 5 nitrogen and oxygen atoms in total. The first-order valence-electron chi connectivity index (χ1n) is 6.91. The molecule has 0 amide bonds. The summed E-state index contributed by atoms with van der Waals surface area (Å²) < 4.78 is 11.7. The van der Waals surface area contributed by atoms with Crippen molar-refractivity contribution >= 4 is 21.7 Å². The van der Waals surface area contributed by atoms with Gasteiger partial charge in [-0.3, -0.25) is 0 Å². The number of aromatic nitrogens is 2. The van der Waals surface area contributed by atoms with Gasteiger partial charge in [0.05, 0.1) is 10.2 Å². The van der Waals surface area contributed by atoms with Crippen LogP contribution >= 0.6 is 15.9 Å². The number of anilines is 1. The molecule has 0 spiro atoms. The van der Waals surface area contributed by atoms with Crippen molar-refractivity contribution in [1.82, 2.24) is 9.97 Å². The Morgan fingerprint density at radius 1 is 1.19 bits per heavy atom. The summed E-state index contributed by atoms with van der Waals surface area (Å²) >= 11 is 3.61. The number of benzene rings is 1. The zero-order chi connectivity index (χ0) is 14.4. The predicted molar refractivity (Wildman–Crippen MR) is 82.8 cm³/mol. The highest BCUT2D eigenvalue weighted by Crippen LogP contribution is 2.45. The Morgan fingerprint density at radius 2 is 2.00 bits per heavy atom. The molecule has 1 aromatic heterocycles. The van der Waals surface area contributed by atoms with E-state index < -0.39 is 0 Å². The molecule has 1 aromatic carbocycles. The Bertz CT molecular complexity index is 716. The molecule has 0 unspecified atom stereocenters. The molecular formula is C15H14BrN3O2. The van der Waals surface area contributed by atoms with E-state index in [9.17, 15) is 0 Å². The number of halogens is 1. The van der Waals surface area contributed by atoms with Crippen LogP contribution in [0.3, 0.4) is 0 Å². The lowest BCUT2D eigenvalue weighted by molar-refractivity contribution is 0.174. The molecule has 1 aliphatic heterocycles. The molecule has 0 radical (unpaired) electrons. The van der Waals surface area contributed by atoms with Crippen LogP contribution in [0.4, 0.5) is 5.82 Å². The smallest absolute Gasteiger partial charge is 0.231 e. The fourth-order valence-corrected chi connectivity index (χ4v) is 3.12. The normalized spacial score (nSPS) is 16.1. The van der Waals surface area contributed by atoms with Crippen molar-refractivity contribution in [3.05, 3.63) is 28.4 Å². The molecule has 2 aromatic rings. The summed E-state index contributed by atoms with van der Waals surface area (Å²) in [5.74, 6) is 3.59. The van der Waals surface area contributed by atoms with Gasteiger partial charge in [-0.15, -0.1) is 0 Å². The number of hydrogen-bond acceptors (Lipinski definition) is 5. The fraction of sp³-hybridized carbons (Fsp3) is 0.333. The van der Waals surface area contributed by atoms with Gasteiger partial charge in [0.2, 0.25) is 6.79 Å². The van der Waals surface area contributed by atoms with Gasteiger partial charge in [-0.05, 0) is 47.0 Å². The lowest BCUT2D eigenvalue weighted by atomic mass is 10.1. The van der Waals surface area contributed by atoms with Gasteiger partial charge >= 0.3 is 0 Å². The van der Waals surface area contributed by atoms with Crippen LogP contribution in [0.5, 0.6) is 11.5 Å². The van der Waals surface area contributed by atoms with E-state index in [2.05, 4.69) is 26.2 Å². The van der Waals surface area contributed by atoms with Crippen LogP contribution in [0.25, 0.3) is 11.4 Å². The molecule has 4 rings (SSSR count). The molecule has 1 fully saturated rings. The summed E-state index contributed by atoms with van der Waals surface area (Å²) in [5, 5.41) is 3.13. The number of fused-ring (bicyclic) bond motifs is 1. The highest BCUT2D eigenvalue weighted by atomic mass is 79.9. The van der Waals surface area contributed by atoms with Crippen molar-refractivity contribution in [2.45, 2.75) is 18.8 Å². The van der Waals surface area contributed by atoms with Crippen molar-refractivity contribution in [3.8, 4) is 22.9 Å². The number of hydrogen-bond donors (Lipinski definition) is 1. The van der Waals surface area contributed by atoms with Crippen LogP contribution in [0.2, 0.25) is 0 Å². The summed E-state index contributed by atoms with van der Waals surface area (Å²) in [5.41, 5.74) is 2.02. The van der Waals surface area contributed by atoms with Gasteiger partial charge in [-0.1, -0.05) is 0 Å².